The average molecular weight is 182 g/mol. The van der Waals surface area contributed by atoms with E-state index in [-0.39, 0.29) is 18.2 Å². The lowest BCUT2D eigenvalue weighted by molar-refractivity contribution is -0.133. The molecule has 0 unspecified atom stereocenters. The highest BCUT2D eigenvalue weighted by Gasteiger charge is 2.19. The number of hydrogen-bond acceptors (Lipinski definition) is 3. The van der Waals surface area contributed by atoms with Crippen LogP contribution in [0.15, 0.2) is 5.11 Å². The largest absolute Gasteiger partial charge is 0.342 e. The summed E-state index contributed by atoms with van der Waals surface area (Å²) >= 11 is 0. The van der Waals surface area contributed by atoms with E-state index < -0.39 is 0 Å². The van der Waals surface area contributed by atoms with Gasteiger partial charge in [0.25, 0.3) is 0 Å². The van der Waals surface area contributed by atoms with Crippen LogP contribution in [-0.2, 0) is 9.59 Å². The summed E-state index contributed by atoms with van der Waals surface area (Å²) in [6.45, 7) is 0.766. The predicted octanol–water partition coefficient (Wildman–Crippen LogP) is 0.488. The van der Waals surface area contributed by atoms with Crippen LogP contribution < -0.4 is 0 Å². The zero-order valence-corrected chi connectivity index (χ0v) is 7.14. The van der Waals surface area contributed by atoms with Crippen molar-refractivity contribution < 1.29 is 9.59 Å². The standard InChI is InChI=1S/C7H10N4O2/c8-10-9-5-7(13)11-3-1-6(12)2-4-11/h1-5H2. The molecule has 0 aromatic heterocycles. The molecule has 1 heterocycles. The molecule has 0 radical (unpaired) electrons. The molecule has 0 aromatic rings. The average Bonchev–Trinajstić information content (AvgIpc) is 2.15. The summed E-state index contributed by atoms with van der Waals surface area (Å²) in [6.07, 6.45) is 0.837. The van der Waals surface area contributed by atoms with Gasteiger partial charge in [-0.3, -0.25) is 9.59 Å². The quantitative estimate of drug-likeness (QED) is 0.353. The summed E-state index contributed by atoms with van der Waals surface area (Å²) < 4.78 is 0. The normalized spacial score (nSPS) is 16.6. The van der Waals surface area contributed by atoms with Crippen LogP contribution in [0.5, 0.6) is 0 Å². The molecule has 1 fully saturated rings. The van der Waals surface area contributed by atoms with E-state index in [2.05, 4.69) is 10.0 Å². The van der Waals surface area contributed by atoms with E-state index in [9.17, 15) is 9.59 Å². The van der Waals surface area contributed by atoms with Gasteiger partial charge in [0.05, 0.1) is 0 Å². The van der Waals surface area contributed by atoms with Crippen molar-refractivity contribution >= 4 is 11.7 Å². The van der Waals surface area contributed by atoms with Crippen LogP contribution in [0.1, 0.15) is 12.8 Å². The maximum Gasteiger partial charge on any atom is 0.228 e. The first kappa shape index (κ1) is 9.54. The number of rotatable bonds is 2. The van der Waals surface area contributed by atoms with E-state index in [0.717, 1.165) is 0 Å². The summed E-state index contributed by atoms with van der Waals surface area (Å²) in [5.41, 5.74) is 7.99. The topological polar surface area (TPSA) is 86.1 Å². The van der Waals surface area contributed by atoms with Crippen molar-refractivity contribution in [3.05, 3.63) is 10.4 Å². The molecule has 0 spiro atoms. The molecule has 1 amide bonds. The summed E-state index contributed by atoms with van der Waals surface area (Å²) in [5, 5.41) is 3.17. The third-order valence-corrected chi connectivity index (χ3v) is 1.94. The fourth-order valence-electron chi connectivity index (χ4n) is 1.20. The Balaban J connectivity index is 2.39. The molecule has 0 bridgehead atoms. The lowest BCUT2D eigenvalue weighted by Crippen LogP contribution is -2.39. The third kappa shape index (κ3) is 2.76. The van der Waals surface area contributed by atoms with Gasteiger partial charge in [0.2, 0.25) is 5.91 Å². The van der Waals surface area contributed by atoms with E-state index in [1.807, 2.05) is 0 Å². The molecular formula is C7H10N4O2. The molecule has 13 heavy (non-hydrogen) atoms. The monoisotopic (exact) mass is 182 g/mol. The molecule has 0 saturated carbocycles. The Kier molecular flexibility index (Phi) is 3.28. The minimum atomic E-state index is -0.203. The molecule has 0 N–H and O–H groups in total. The van der Waals surface area contributed by atoms with Gasteiger partial charge in [0.15, 0.2) is 0 Å². The third-order valence-electron chi connectivity index (χ3n) is 1.94. The van der Waals surface area contributed by atoms with Gasteiger partial charge in [-0.1, -0.05) is 5.11 Å². The van der Waals surface area contributed by atoms with E-state index in [0.29, 0.717) is 25.9 Å². The molecule has 6 nitrogen and oxygen atoms in total. The summed E-state index contributed by atoms with van der Waals surface area (Å²) in [5.74, 6) is -0.0156. The Hall–Kier alpha value is -1.55. The lowest BCUT2D eigenvalue weighted by Gasteiger charge is -2.25. The molecule has 1 rings (SSSR count). The molecule has 0 aliphatic carbocycles. The smallest absolute Gasteiger partial charge is 0.228 e. The van der Waals surface area contributed by atoms with E-state index in [1.165, 1.54) is 0 Å². The maximum absolute atomic E-state index is 11.2. The highest BCUT2D eigenvalue weighted by Crippen LogP contribution is 2.05. The minimum Gasteiger partial charge on any atom is -0.342 e. The predicted molar refractivity (Wildman–Crippen MR) is 44.8 cm³/mol. The van der Waals surface area contributed by atoms with Crippen molar-refractivity contribution in [2.24, 2.45) is 5.11 Å². The second kappa shape index (κ2) is 4.47. The van der Waals surface area contributed by atoms with Gasteiger partial charge < -0.3 is 4.90 Å². The Morgan fingerprint density at radius 3 is 2.69 bits per heavy atom. The van der Waals surface area contributed by atoms with Gasteiger partial charge in [-0.25, -0.2) is 0 Å². The Morgan fingerprint density at radius 2 is 2.15 bits per heavy atom. The van der Waals surface area contributed by atoms with Crippen molar-refractivity contribution in [3.8, 4) is 0 Å². The summed E-state index contributed by atoms with van der Waals surface area (Å²) in [6, 6.07) is 0. The number of nitrogens with zero attached hydrogens (tertiary/aromatic N) is 4. The number of Topliss-reactive ketones (excluding diaryl/α,β-unsaturated/α-hetero) is 1. The van der Waals surface area contributed by atoms with Crippen molar-refractivity contribution in [2.75, 3.05) is 19.6 Å². The van der Waals surface area contributed by atoms with Crippen LogP contribution in [0.25, 0.3) is 10.4 Å². The van der Waals surface area contributed by atoms with Gasteiger partial charge in [0, 0.05) is 30.8 Å². The molecule has 1 aliphatic heterocycles. The Labute approximate surface area is 75.1 Å². The van der Waals surface area contributed by atoms with Crippen LogP contribution in [0.3, 0.4) is 0 Å². The fraction of sp³-hybridized carbons (Fsp3) is 0.714. The van der Waals surface area contributed by atoms with E-state index in [4.69, 9.17) is 5.53 Å². The second-order valence-corrected chi connectivity index (χ2v) is 2.81. The zero-order valence-electron chi connectivity index (χ0n) is 7.14. The molecule has 1 aliphatic rings. The fourth-order valence-corrected chi connectivity index (χ4v) is 1.20. The molecule has 6 heteroatoms. The summed E-state index contributed by atoms with van der Waals surface area (Å²) in [4.78, 5) is 26.1. The van der Waals surface area contributed by atoms with Crippen LogP contribution in [0, 0.1) is 0 Å². The molecule has 0 atom stereocenters. The maximum atomic E-state index is 11.2. The first-order valence-electron chi connectivity index (χ1n) is 4.04. The number of ketones is 1. The molecule has 70 valence electrons. The lowest BCUT2D eigenvalue weighted by atomic mass is 10.1. The highest BCUT2D eigenvalue weighted by atomic mass is 16.2. The van der Waals surface area contributed by atoms with Gasteiger partial charge in [-0.15, -0.1) is 0 Å². The van der Waals surface area contributed by atoms with Crippen molar-refractivity contribution in [2.45, 2.75) is 12.8 Å². The molecule has 0 aromatic carbocycles. The highest BCUT2D eigenvalue weighted by molar-refractivity contribution is 5.84. The van der Waals surface area contributed by atoms with Gasteiger partial charge in [0.1, 0.15) is 12.3 Å². The zero-order chi connectivity index (χ0) is 9.68. The van der Waals surface area contributed by atoms with Crippen LogP contribution in [0.2, 0.25) is 0 Å². The number of piperidine rings is 1. The van der Waals surface area contributed by atoms with Gasteiger partial charge in [-0.05, 0) is 5.53 Å². The summed E-state index contributed by atoms with van der Waals surface area (Å²) in [7, 11) is 0. The van der Waals surface area contributed by atoms with Gasteiger partial charge in [-0.2, -0.15) is 0 Å². The van der Waals surface area contributed by atoms with Crippen molar-refractivity contribution in [1.29, 1.82) is 0 Å². The van der Waals surface area contributed by atoms with E-state index >= 15 is 0 Å². The number of carbonyl (C=O) groups is 2. The van der Waals surface area contributed by atoms with E-state index in [1.54, 1.807) is 4.90 Å². The van der Waals surface area contributed by atoms with Crippen LogP contribution in [-0.4, -0.2) is 36.2 Å². The Morgan fingerprint density at radius 1 is 1.54 bits per heavy atom. The number of likely N-dealkylation sites (tertiary alicyclic amines) is 1. The van der Waals surface area contributed by atoms with Gasteiger partial charge >= 0.3 is 0 Å². The molecule has 1 saturated heterocycles. The SMILES string of the molecule is [N-]=[N+]=NCC(=O)N1CCC(=O)CC1. The Bertz CT molecular complexity index is 260. The van der Waals surface area contributed by atoms with Crippen LogP contribution >= 0.6 is 0 Å². The first-order valence-corrected chi connectivity index (χ1v) is 4.04. The number of carbonyl (C=O) groups excluding carboxylic acids is 2. The second-order valence-electron chi connectivity index (χ2n) is 2.81. The van der Waals surface area contributed by atoms with Crippen LogP contribution in [0.4, 0.5) is 0 Å². The number of amides is 1. The minimum absolute atomic E-state index is 0.148. The number of azide groups is 1. The number of hydrogen-bond donors (Lipinski definition) is 0. The molecular weight excluding hydrogens is 172 g/mol. The van der Waals surface area contributed by atoms with Crippen molar-refractivity contribution in [3.63, 3.8) is 0 Å². The van der Waals surface area contributed by atoms with Crippen molar-refractivity contribution in [1.82, 2.24) is 4.90 Å². The first-order chi connectivity index (χ1) is 6.24.